The molecule has 0 atom stereocenters. The summed E-state index contributed by atoms with van der Waals surface area (Å²) in [5.74, 6) is -0.699. The van der Waals surface area contributed by atoms with Crippen molar-refractivity contribution < 1.29 is 22.8 Å². The number of nitrogens with zero attached hydrogens (tertiary/aromatic N) is 4. The Hall–Kier alpha value is -3.24. The number of benzene rings is 1. The van der Waals surface area contributed by atoms with Crippen molar-refractivity contribution in [2.75, 3.05) is 19.6 Å². The Kier molecular flexibility index (Phi) is 5.65. The predicted molar refractivity (Wildman–Crippen MR) is 117 cm³/mol. The Balaban J connectivity index is 1.63. The Labute approximate surface area is 197 Å². The van der Waals surface area contributed by atoms with E-state index in [4.69, 9.17) is 11.6 Å². The second kappa shape index (κ2) is 8.52. The van der Waals surface area contributed by atoms with Gasteiger partial charge in [0.05, 0.1) is 22.0 Å². The highest BCUT2D eigenvalue weighted by molar-refractivity contribution is 6.35. The molecule has 7 nitrogen and oxygen atoms in total. The molecule has 2 aromatic heterocycles. The van der Waals surface area contributed by atoms with Gasteiger partial charge in [0, 0.05) is 49.9 Å². The van der Waals surface area contributed by atoms with Gasteiger partial charge < -0.3 is 10.2 Å². The van der Waals surface area contributed by atoms with Gasteiger partial charge in [-0.1, -0.05) is 17.7 Å². The molecule has 4 heterocycles. The van der Waals surface area contributed by atoms with Crippen molar-refractivity contribution >= 4 is 23.3 Å². The molecule has 0 bridgehead atoms. The minimum absolute atomic E-state index is 0.101. The number of ketones is 1. The number of imidazole rings is 1. The number of nitrogens with one attached hydrogen (secondary N) is 1. The lowest BCUT2D eigenvalue weighted by molar-refractivity contribution is -0.137. The molecular weight excluding hydrogens is 471 g/mol. The van der Waals surface area contributed by atoms with Crippen molar-refractivity contribution in [3.63, 3.8) is 0 Å². The molecule has 1 fully saturated rings. The standard InChI is InChI=1S/C23H19ClF3N5O2/c24-19-14(3-1-4-15(19)23(25,26)27)20(33)21-30-16-12-28-7-6-17(16)32(21)18-11-13(5-8-29-18)22(34)31-9-2-10-31/h1,3-5,8,11,28H,2,6-7,9-10,12H2. The van der Waals surface area contributed by atoms with Crippen LogP contribution in [0.15, 0.2) is 36.5 Å². The lowest BCUT2D eigenvalue weighted by Crippen LogP contribution is -2.42. The molecule has 1 saturated heterocycles. The second-order valence-electron chi connectivity index (χ2n) is 8.13. The number of pyridine rings is 1. The number of likely N-dealkylation sites (tertiary alicyclic amines) is 1. The van der Waals surface area contributed by atoms with E-state index >= 15 is 0 Å². The zero-order chi connectivity index (χ0) is 24.0. The fraction of sp³-hybridized carbons (Fsp3) is 0.304. The molecule has 2 aliphatic heterocycles. The van der Waals surface area contributed by atoms with Gasteiger partial charge in [0.15, 0.2) is 5.82 Å². The summed E-state index contributed by atoms with van der Waals surface area (Å²) < 4.78 is 41.6. The molecule has 3 aromatic rings. The van der Waals surface area contributed by atoms with E-state index in [0.29, 0.717) is 55.4 Å². The molecule has 1 amide bonds. The molecule has 11 heteroatoms. The zero-order valence-electron chi connectivity index (χ0n) is 17.8. The number of rotatable bonds is 4. The van der Waals surface area contributed by atoms with E-state index in [-0.39, 0.29) is 17.3 Å². The first kappa shape index (κ1) is 22.5. The average molecular weight is 490 g/mol. The Morgan fingerprint density at radius 3 is 2.65 bits per heavy atom. The SMILES string of the molecule is O=C(c1cccc(C(F)(F)F)c1Cl)c1nc2c(n1-c1cc(C(=O)N3CCC3)ccn1)CCNC2. The third-order valence-electron chi connectivity index (χ3n) is 6.00. The number of halogens is 4. The summed E-state index contributed by atoms with van der Waals surface area (Å²) in [5.41, 5.74) is 0.326. The van der Waals surface area contributed by atoms with Crippen molar-refractivity contribution in [1.82, 2.24) is 24.8 Å². The lowest BCUT2D eigenvalue weighted by Gasteiger charge is -2.31. The zero-order valence-corrected chi connectivity index (χ0v) is 18.6. The summed E-state index contributed by atoms with van der Waals surface area (Å²) in [6, 6.07) is 6.39. The number of fused-ring (bicyclic) bond motifs is 1. The van der Waals surface area contributed by atoms with Gasteiger partial charge in [-0.25, -0.2) is 9.97 Å². The summed E-state index contributed by atoms with van der Waals surface area (Å²) in [4.78, 5) is 36.7. The van der Waals surface area contributed by atoms with Crippen molar-refractivity contribution in [2.45, 2.75) is 25.6 Å². The molecule has 176 valence electrons. The van der Waals surface area contributed by atoms with Gasteiger partial charge in [0.2, 0.25) is 5.78 Å². The molecule has 0 saturated carbocycles. The Bertz CT molecular complexity index is 1300. The molecule has 34 heavy (non-hydrogen) atoms. The van der Waals surface area contributed by atoms with E-state index in [0.717, 1.165) is 18.6 Å². The third kappa shape index (κ3) is 3.86. The van der Waals surface area contributed by atoms with Gasteiger partial charge in [-0.15, -0.1) is 0 Å². The van der Waals surface area contributed by atoms with E-state index in [1.165, 1.54) is 16.8 Å². The quantitative estimate of drug-likeness (QED) is 0.566. The van der Waals surface area contributed by atoms with Gasteiger partial charge >= 0.3 is 6.18 Å². The molecular formula is C23H19ClF3N5O2. The number of hydrogen-bond acceptors (Lipinski definition) is 5. The van der Waals surface area contributed by atoms with Crippen LogP contribution in [0.2, 0.25) is 5.02 Å². The fourth-order valence-electron chi connectivity index (χ4n) is 4.13. The van der Waals surface area contributed by atoms with Gasteiger partial charge in [-0.05, 0) is 30.7 Å². The normalized spacial score (nSPS) is 15.6. The molecule has 0 spiro atoms. The molecule has 5 rings (SSSR count). The van der Waals surface area contributed by atoms with Gasteiger partial charge in [0.25, 0.3) is 5.91 Å². The predicted octanol–water partition coefficient (Wildman–Crippen LogP) is 3.66. The summed E-state index contributed by atoms with van der Waals surface area (Å²) in [5, 5.41) is 2.49. The summed E-state index contributed by atoms with van der Waals surface area (Å²) in [6.45, 7) is 2.38. The third-order valence-corrected chi connectivity index (χ3v) is 6.41. The number of alkyl halides is 3. The molecule has 1 N–H and O–H groups in total. The van der Waals surface area contributed by atoms with Crippen molar-refractivity contribution in [3.8, 4) is 5.82 Å². The second-order valence-corrected chi connectivity index (χ2v) is 8.51. The van der Waals surface area contributed by atoms with Crippen molar-refractivity contribution in [1.29, 1.82) is 0 Å². The first-order valence-electron chi connectivity index (χ1n) is 10.7. The highest BCUT2D eigenvalue weighted by Gasteiger charge is 2.36. The van der Waals surface area contributed by atoms with Gasteiger partial charge in [-0.3, -0.25) is 14.2 Å². The smallest absolute Gasteiger partial charge is 0.339 e. The molecule has 2 aliphatic rings. The minimum Gasteiger partial charge on any atom is -0.339 e. The molecule has 0 aliphatic carbocycles. The highest BCUT2D eigenvalue weighted by atomic mass is 35.5. The molecule has 0 unspecified atom stereocenters. The number of aromatic nitrogens is 3. The largest absolute Gasteiger partial charge is 0.417 e. The number of amides is 1. The van der Waals surface area contributed by atoms with Crippen LogP contribution in [0.5, 0.6) is 0 Å². The van der Waals surface area contributed by atoms with E-state index in [2.05, 4.69) is 15.3 Å². The summed E-state index contributed by atoms with van der Waals surface area (Å²) >= 11 is 6.03. The van der Waals surface area contributed by atoms with Crippen LogP contribution >= 0.6 is 11.6 Å². The Morgan fingerprint density at radius 2 is 1.94 bits per heavy atom. The van der Waals surface area contributed by atoms with Crippen LogP contribution in [0.1, 0.15) is 49.9 Å². The molecule has 1 aromatic carbocycles. The number of carbonyl (C=O) groups excluding carboxylic acids is 2. The van der Waals surface area contributed by atoms with Crippen LogP contribution < -0.4 is 5.32 Å². The van der Waals surface area contributed by atoms with Crippen LogP contribution in [-0.4, -0.2) is 50.8 Å². The van der Waals surface area contributed by atoms with Crippen LogP contribution in [-0.2, 0) is 19.1 Å². The first-order valence-corrected chi connectivity index (χ1v) is 11.1. The topological polar surface area (TPSA) is 80.1 Å². The van der Waals surface area contributed by atoms with E-state index in [1.54, 1.807) is 17.0 Å². The van der Waals surface area contributed by atoms with Crippen LogP contribution in [0, 0.1) is 0 Å². The maximum absolute atomic E-state index is 13.5. The Morgan fingerprint density at radius 1 is 1.15 bits per heavy atom. The van der Waals surface area contributed by atoms with E-state index in [9.17, 15) is 22.8 Å². The van der Waals surface area contributed by atoms with Gasteiger partial charge in [0.1, 0.15) is 5.82 Å². The molecule has 0 radical (unpaired) electrons. The van der Waals surface area contributed by atoms with Gasteiger partial charge in [-0.2, -0.15) is 13.2 Å². The average Bonchev–Trinajstić information content (AvgIpc) is 3.16. The monoisotopic (exact) mass is 489 g/mol. The lowest BCUT2D eigenvalue weighted by atomic mass is 10.1. The fourth-order valence-corrected chi connectivity index (χ4v) is 4.45. The first-order chi connectivity index (χ1) is 16.3. The number of hydrogen-bond donors (Lipinski definition) is 1. The number of carbonyl (C=O) groups is 2. The highest BCUT2D eigenvalue weighted by Crippen LogP contribution is 2.37. The van der Waals surface area contributed by atoms with E-state index in [1.807, 2.05) is 0 Å². The van der Waals surface area contributed by atoms with Crippen LogP contribution in [0.4, 0.5) is 13.2 Å². The summed E-state index contributed by atoms with van der Waals surface area (Å²) in [7, 11) is 0. The maximum atomic E-state index is 13.5. The van der Waals surface area contributed by atoms with Crippen molar-refractivity contribution in [2.24, 2.45) is 0 Å². The summed E-state index contributed by atoms with van der Waals surface area (Å²) in [6.07, 6.45) is -1.76. The minimum atomic E-state index is -4.71. The maximum Gasteiger partial charge on any atom is 0.417 e. The van der Waals surface area contributed by atoms with Crippen molar-refractivity contribution in [3.05, 3.63) is 75.5 Å². The van der Waals surface area contributed by atoms with Crippen LogP contribution in [0.3, 0.4) is 0 Å². The van der Waals surface area contributed by atoms with Crippen LogP contribution in [0.25, 0.3) is 5.82 Å². The van der Waals surface area contributed by atoms with E-state index < -0.39 is 22.5 Å².